The highest BCUT2D eigenvalue weighted by atomic mass is 35.5. The molecule has 2 N–H and O–H groups in total. The number of nitrogens with two attached hydrogens (primary N) is 1. The molecular weight excluding hydrogens is 276 g/mol. The van der Waals surface area contributed by atoms with Crippen LogP contribution in [0.5, 0.6) is 0 Å². The molecule has 0 radical (unpaired) electrons. The van der Waals surface area contributed by atoms with E-state index in [1.165, 1.54) is 0 Å². The number of aromatic nitrogens is 3. The molecule has 0 bridgehead atoms. The van der Waals surface area contributed by atoms with Crippen molar-refractivity contribution in [2.75, 3.05) is 5.73 Å². The first-order valence-corrected chi connectivity index (χ1v) is 6.34. The SMILES string of the molecule is Cc1cc(-c2nc(-c3ncccc3Cl)no2)ccc1N. The average Bonchev–Trinajstić information content (AvgIpc) is 2.92. The van der Waals surface area contributed by atoms with Gasteiger partial charge in [0.05, 0.1) is 5.02 Å². The van der Waals surface area contributed by atoms with Crippen LogP contribution < -0.4 is 5.73 Å². The molecule has 0 unspecified atom stereocenters. The van der Waals surface area contributed by atoms with Gasteiger partial charge >= 0.3 is 0 Å². The van der Waals surface area contributed by atoms with Gasteiger partial charge in [-0.3, -0.25) is 4.98 Å². The molecule has 3 aromatic rings. The van der Waals surface area contributed by atoms with Crippen molar-refractivity contribution in [1.82, 2.24) is 15.1 Å². The lowest BCUT2D eigenvalue weighted by molar-refractivity contribution is 0.432. The van der Waals surface area contributed by atoms with Crippen LogP contribution in [-0.4, -0.2) is 15.1 Å². The number of aryl methyl sites for hydroxylation is 1. The summed E-state index contributed by atoms with van der Waals surface area (Å²) in [7, 11) is 0. The van der Waals surface area contributed by atoms with Crippen molar-refractivity contribution in [3.63, 3.8) is 0 Å². The zero-order chi connectivity index (χ0) is 14.1. The molecule has 5 nitrogen and oxygen atoms in total. The minimum Gasteiger partial charge on any atom is -0.399 e. The molecule has 100 valence electrons. The number of benzene rings is 1. The van der Waals surface area contributed by atoms with Gasteiger partial charge in [-0.2, -0.15) is 4.98 Å². The predicted octanol–water partition coefficient (Wildman–Crippen LogP) is 3.34. The summed E-state index contributed by atoms with van der Waals surface area (Å²) in [6.45, 7) is 1.92. The largest absolute Gasteiger partial charge is 0.399 e. The van der Waals surface area contributed by atoms with Crippen LogP contribution in [0.2, 0.25) is 5.02 Å². The van der Waals surface area contributed by atoms with Crippen LogP contribution >= 0.6 is 11.6 Å². The van der Waals surface area contributed by atoms with Gasteiger partial charge in [0.15, 0.2) is 0 Å². The number of hydrogen-bond acceptors (Lipinski definition) is 5. The fourth-order valence-corrected chi connectivity index (χ4v) is 2.00. The van der Waals surface area contributed by atoms with Crippen molar-refractivity contribution in [3.05, 3.63) is 47.1 Å². The predicted molar refractivity (Wildman–Crippen MR) is 77.1 cm³/mol. The number of anilines is 1. The highest BCUT2D eigenvalue weighted by Crippen LogP contribution is 2.26. The van der Waals surface area contributed by atoms with Crippen molar-refractivity contribution >= 4 is 17.3 Å². The van der Waals surface area contributed by atoms with Crippen molar-refractivity contribution in [3.8, 4) is 23.0 Å². The lowest BCUT2D eigenvalue weighted by Crippen LogP contribution is -1.90. The van der Waals surface area contributed by atoms with Gasteiger partial charge in [-0.1, -0.05) is 16.8 Å². The van der Waals surface area contributed by atoms with Crippen LogP contribution in [0.3, 0.4) is 0 Å². The second-order valence-electron chi connectivity index (χ2n) is 4.33. The van der Waals surface area contributed by atoms with E-state index in [1.807, 2.05) is 25.1 Å². The molecule has 0 fully saturated rings. The monoisotopic (exact) mass is 286 g/mol. The van der Waals surface area contributed by atoms with Crippen molar-refractivity contribution in [2.45, 2.75) is 6.92 Å². The molecule has 0 amide bonds. The van der Waals surface area contributed by atoms with Crippen LogP contribution in [0.15, 0.2) is 41.1 Å². The average molecular weight is 287 g/mol. The maximum absolute atomic E-state index is 6.06. The Balaban J connectivity index is 2.02. The topological polar surface area (TPSA) is 77.8 Å². The van der Waals surface area contributed by atoms with Crippen LogP contribution in [0.4, 0.5) is 5.69 Å². The number of pyridine rings is 1. The second kappa shape index (κ2) is 4.94. The van der Waals surface area contributed by atoms with E-state index < -0.39 is 0 Å². The third kappa shape index (κ3) is 2.23. The summed E-state index contributed by atoms with van der Waals surface area (Å²) in [6.07, 6.45) is 1.63. The van der Waals surface area contributed by atoms with Gasteiger partial charge in [0, 0.05) is 17.4 Å². The minimum atomic E-state index is 0.361. The van der Waals surface area contributed by atoms with Crippen LogP contribution in [0.25, 0.3) is 23.0 Å². The molecule has 1 aromatic carbocycles. The maximum Gasteiger partial charge on any atom is 0.258 e. The molecule has 0 saturated heterocycles. The van der Waals surface area contributed by atoms with Gasteiger partial charge in [-0.05, 0) is 42.8 Å². The molecule has 2 heterocycles. The molecule has 0 spiro atoms. The number of nitrogen functional groups attached to an aromatic ring is 1. The minimum absolute atomic E-state index is 0.361. The van der Waals surface area contributed by atoms with Gasteiger partial charge in [-0.25, -0.2) is 0 Å². The van der Waals surface area contributed by atoms with E-state index in [-0.39, 0.29) is 0 Å². The molecule has 20 heavy (non-hydrogen) atoms. The smallest absolute Gasteiger partial charge is 0.258 e. The first kappa shape index (κ1) is 12.6. The Kier molecular flexibility index (Phi) is 3.12. The fourth-order valence-electron chi connectivity index (χ4n) is 1.80. The van der Waals surface area contributed by atoms with E-state index >= 15 is 0 Å². The van der Waals surface area contributed by atoms with E-state index in [9.17, 15) is 0 Å². The molecule has 0 aliphatic carbocycles. The van der Waals surface area contributed by atoms with Crippen molar-refractivity contribution in [1.29, 1.82) is 0 Å². The van der Waals surface area contributed by atoms with Gasteiger partial charge in [0.2, 0.25) is 5.82 Å². The number of halogens is 1. The third-order valence-electron chi connectivity index (χ3n) is 2.91. The zero-order valence-corrected chi connectivity index (χ0v) is 11.4. The Morgan fingerprint density at radius 3 is 2.85 bits per heavy atom. The molecule has 3 rings (SSSR count). The van der Waals surface area contributed by atoms with Gasteiger partial charge in [0.25, 0.3) is 5.89 Å². The Bertz CT molecular complexity index is 769. The lowest BCUT2D eigenvalue weighted by atomic mass is 10.1. The Morgan fingerprint density at radius 1 is 1.25 bits per heavy atom. The Hall–Kier alpha value is -2.40. The summed E-state index contributed by atoms with van der Waals surface area (Å²) in [6, 6.07) is 9.01. The number of nitrogens with zero attached hydrogens (tertiary/aromatic N) is 3. The van der Waals surface area contributed by atoms with Gasteiger partial charge in [0.1, 0.15) is 5.69 Å². The summed E-state index contributed by atoms with van der Waals surface area (Å²) in [5, 5.41) is 4.39. The summed E-state index contributed by atoms with van der Waals surface area (Å²) in [4.78, 5) is 8.47. The second-order valence-corrected chi connectivity index (χ2v) is 4.74. The molecule has 2 aromatic heterocycles. The first-order valence-electron chi connectivity index (χ1n) is 5.96. The Morgan fingerprint density at radius 2 is 2.10 bits per heavy atom. The fraction of sp³-hybridized carbons (Fsp3) is 0.0714. The molecule has 6 heteroatoms. The first-order chi connectivity index (χ1) is 9.65. The van der Waals surface area contributed by atoms with Crippen LogP contribution in [-0.2, 0) is 0 Å². The standard InChI is InChI=1S/C14H11ClN4O/c1-8-7-9(4-5-11(8)16)14-18-13(19-20-14)12-10(15)3-2-6-17-12/h2-7H,16H2,1H3. The van der Waals surface area contributed by atoms with E-state index in [0.717, 1.165) is 16.8 Å². The molecule has 0 saturated carbocycles. The normalized spacial score (nSPS) is 10.7. The molecule has 0 aliphatic rings. The van der Waals surface area contributed by atoms with Gasteiger partial charge in [-0.15, -0.1) is 0 Å². The molecular formula is C14H11ClN4O. The number of rotatable bonds is 2. The quantitative estimate of drug-likeness (QED) is 0.731. The van der Waals surface area contributed by atoms with Gasteiger partial charge < -0.3 is 10.3 Å². The van der Waals surface area contributed by atoms with E-state index in [4.69, 9.17) is 21.9 Å². The summed E-state index contributed by atoms with van der Waals surface area (Å²) in [5.74, 6) is 0.768. The molecule has 0 aliphatic heterocycles. The zero-order valence-electron chi connectivity index (χ0n) is 10.7. The summed E-state index contributed by atoms with van der Waals surface area (Å²) < 4.78 is 5.25. The van der Waals surface area contributed by atoms with Crippen LogP contribution in [0.1, 0.15) is 5.56 Å². The lowest BCUT2D eigenvalue weighted by Gasteiger charge is -2.00. The Labute approximate surface area is 120 Å². The summed E-state index contributed by atoms with van der Waals surface area (Å²) in [5.41, 5.74) is 8.77. The van der Waals surface area contributed by atoms with Crippen molar-refractivity contribution < 1.29 is 4.52 Å². The third-order valence-corrected chi connectivity index (χ3v) is 3.22. The van der Waals surface area contributed by atoms with E-state index in [2.05, 4.69) is 15.1 Å². The maximum atomic E-state index is 6.06. The highest BCUT2D eigenvalue weighted by molar-refractivity contribution is 6.32. The van der Waals surface area contributed by atoms with Crippen molar-refractivity contribution in [2.24, 2.45) is 0 Å². The van der Waals surface area contributed by atoms with E-state index in [1.54, 1.807) is 18.3 Å². The van der Waals surface area contributed by atoms with Crippen LogP contribution in [0, 0.1) is 6.92 Å². The number of hydrogen-bond donors (Lipinski definition) is 1. The van der Waals surface area contributed by atoms with E-state index in [0.29, 0.717) is 22.4 Å². The summed E-state index contributed by atoms with van der Waals surface area (Å²) >= 11 is 6.06. The molecule has 0 atom stereocenters. The highest BCUT2D eigenvalue weighted by Gasteiger charge is 2.14.